The molecule has 1 unspecified atom stereocenters. The second-order valence-electron chi connectivity index (χ2n) is 20.4. The topological polar surface area (TPSA) is 78.9 Å². The lowest BCUT2D eigenvalue weighted by Gasteiger charge is -2.18. The van der Waals surface area contributed by atoms with E-state index in [0.29, 0.717) is 19.3 Å². The Hall–Kier alpha value is -1.59. The van der Waals surface area contributed by atoms with E-state index in [0.717, 1.165) is 75.5 Å². The Labute approximate surface area is 387 Å². The molecule has 0 fully saturated rings. The minimum Gasteiger partial charge on any atom is -0.462 e. The highest BCUT2D eigenvalue weighted by atomic mass is 16.6. The van der Waals surface area contributed by atoms with E-state index in [2.05, 4.69) is 41.5 Å². The minimum absolute atomic E-state index is 0.0644. The molecule has 0 bridgehead atoms. The first-order valence-electron chi connectivity index (χ1n) is 27.6. The van der Waals surface area contributed by atoms with Gasteiger partial charge in [0.15, 0.2) is 6.10 Å². The summed E-state index contributed by atoms with van der Waals surface area (Å²) in [5, 5.41) is 0. The minimum atomic E-state index is -0.763. The van der Waals surface area contributed by atoms with Gasteiger partial charge in [0.05, 0.1) is 0 Å². The molecule has 0 radical (unpaired) electrons. The van der Waals surface area contributed by atoms with Crippen molar-refractivity contribution in [1.82, 2.24) is 0 Å². The third kappa shape index (κ3) is 47.9. The Morgan fingerprint density at radius 2 is 0.565 bits per heavy atom. The first kappa shape index (κ1) is 60.4. The summed E-state index contributed by atoms with van der Waals surface area (Å²) in [6, 6.07) is 0. The van der Waals surface area contributed by atoms with Crippen LogP contribution in [0.5, 0.6) is 0 Å². The van der Waals surface area contributed by atoms with Crippen molar-refractivity contribution in [2.75, 3.05) is 13.2 Å². The first-order valence-corrected chi connectivity index (χ1v) is 27.6. The van der Waals surface area contributed by atoms with Gasteiger partial charge < -0.3 is 14.2 Å². The molecule has 0 rings (SSSR count). The summed E-state index contributed by atoms with van der Waals surface area (Å²) in [4.78, 5) is 38.0. The summed E-state index contributed by atoms with van der Waals surface area (Å²) in [6.45, 7) is 13.7. The van der Waals surface area contributed by atoms with Crippen molar-refractivity contribution in [3.63, 3.8) is 0 Å². The van der Waals surface area contributed by atoms with Crippen LogP contribution in [0.1, 0.15) is 305 Å². The Morgan fingerprint density at radius 1 is 0.323 bits per heavy atom. The Morgan fingerprint density at radius 3 is 0.839 bits per heavy atom. The first-order chi connectivity index (χ1) is 30.1. The van der Waals surface area contributed by atoms with E-state index in [1.165, 1.54) is 186 Å². The van der Waals surface area contributed by atoms with Crippen molar-refractivity contribution in [3.8, 4) is 0 Å². The molecule has 0 aromatic heterocycles. The standard InChI is InChI=1S/C56H108O6/c1-7-52(6)44-38-32-26-19-16-17-21-29-35-41-47-56(59)62-53(49-61-55(58)46-40-34-28-23-22-25-31-37-43-51(4)5)48-60-54(57)45-39-33-27-20-15-13-11-9-8-10-12-14-18-24-30-36-42-50(2)3/h50-53H,7-49H2,1-6H3/t52?,53-/m1/s1. The molecule has 0 aliphatic rings. The van der Waals surface area contributed by atoms with Crippen LogP contribution in [0.25, 0.3) is 0 Å². The molecule has 0 aromatic carbocycles. The number of esters is 3. The van der Waals surface area contributed by atoms with Crippen LogP contribution in [0.2, 0.25) is 0 Å². The van der Waals surface area contributed by atoms with Gasteiger partial charge in [0.2, 0.25) is 0 Å². The normalized spacial score (nSPS) is 12.6. The number of carbonyl (C=O) groups is 3. The molecule has 0 saturated carbocycles. The third-order valence-electron chi connectivity index (χ3n) is 13.0. The Kier molecular flexibility index (Phi) is 46.2. The molecule has 2 atom stereocenters. The molecule has 0 aliphatic carbocycles. The molecule has 6 heteroatoms. The summed E-state index contributed by atoms with van der Waals surface area (Å²) >= 11 is 0. The largest absolute Gasteiger partial charge is 0.462 e. The van der Waals surface area contributed by atoms with E-state index < -0.39 is 6.10 Å². The fourth-order valence-electron chi connectivity index (χ4n) is 8.44. The van der Waals surface area contributed by atoms with Crippen LogP contribution in [-0.4, -0.2) is 37.2 Å². The van der Waals surface area contributed by atoms with Gasteiger partial charge in [0.25, 0.3) is 0 Å². The molecule has 0 spiro atoms. The summed E-state index contributed by atoms with van der Waals surface area (Å²) in [5.41, 5.74) is 0. The quantitative estimate of drug-likeness (QED) is 0.0344. The van der Waals surface area contributed by atoms with Gasteiger partial charge in [-0.15, -0.1) is 0 Å². The zero-order chi connectivity index (χ0) is 45.6. The lowest BCUT2D eigenvalue weighted by Crippen LogP contribution is -2.30. The number of unbranched alkanes of at least 4 members (excludes halogenated alkanes) is 31. The van der Waals surface area contributed by atoms with E-state index in [1.54, 1.807) is 0 Å². The highest BCUT2D eigenvalue weighted by Gasteiger charge is 2.19. The van der Waals surface area contributed by atoms with Crippen molar-refractivity contribution in [2.24, 2.45) is 17.8 Å². The van der Waals surface area contributed by atoms with Gasteiger partial charge in [-0.25, -0.2) is 0 Å². The molecule has 6 nitrogen and oxygen atoms in total. The number of ether oxygens (including phenoxy) is 3. The van der Waals surface area contributed by atoms with Gasteiger partial charge in [-0.2, -0.15) is 0 Å². The predicted molar refractivity (Wildman–Crippen MR) is 266 cm³/mol. The molecule has 0 saturated heterocycles. The van der Waals surface area contributed by atoms with Crippen LogP contribution >= 0.6 is 0 Å². The monoisotopic (exact) mass is 877 g/mol. The van der Waals surface area contributed by atoms with Crippen molar-refractivity contribution >= 4 is 17.9 Å². The molecule has 0 amide bonds. The number of rotatable bonds is 49. The van der Waals surface area contributed by atoms with E-state index in [1.807, 2.05) is 0 Å². The van der Waals surface area contributed by atoms with E-state index in [4.69, 9.17) is 14.2 Å². The summed E-state index contributed by atoms with van der Waals surface area (Å²) < 4.78 is 16.8. The SMILES string of the molecule is CCC(C)CCCCCCCCCCCCC(=O)O[C@H](COC(=O)CCCCCCCCCCCCCCCCCCC(C)C)COC(=O)CCCCCCCCCCC(C)C. The lowest BCUT2D eigenvalue weighted by atomic mass is 9.99. The van der Waals surface area contributed by atoms with Crippen LogP contribution in [-0.2, 0) is 28.6 Å². The zero-order valence-electron chi connectivity index (χ0n) is 42.7. The molecule has 0 aliphatic heterocycles. The van der Waals surface area contributed by atoms with E-state index in [9.17, 15) is 14.4 Å². The van der Waals surface area contributed by atoms with E-state index >= 15 is 0 Å². The molecular weight excluding hydrogens is 769 g/mol. The summed E-state index contributed by atoms with van der Waals surface area (Å²) in [7, 11) is 0. The Balaban J connectivity index is 4.27. The number of carbonyl (C=O) groups excluding carboxylic acids is 3. The molecule has 0 heterocycles. The smallest absolute Gasteiger partial charge is 0.306 e. The molecule has 368 valence electrons. The zero-order valence-corrected chi connectivity index (χ0v) is 42.7. The van der Waals surface area contributed by atoms with Gasteiger partial charge >= 0.3 is 17.9 Å². The van der Waals surface area contributed by atoms with Crippen LogP contribution in [0.4, 0.5) is 0 Å². The van der Waals surface area contributed by atoms with Crippen LogP contribution in [0.3, 0.4) is 0 Å². The number of hydrogen-bond donors (Lipinski definition) is 0. The summed E-state index contributed by atoms with van der Waals surface area (Å²) in [5.74, 6) is 1.67. The van der Waals surface area contributed by atoms with Gasteiger partial charge in [0, 0.05) is 19.3 Å². The van der Waals surface area contributed by atoms with Crippen molar-refractivity contribution in [1.29, 1.82) is 0 Å². The van der Waals surface area contributed by atoms with E-state index in [-0.39, 0.29) is 31.1 Å². The van der Waals surface area contributed by atoms with Gasteiger partial charge in [-0.3, -0.25) is 14.4 Å². The molecular formula is C56H108O6. The van der Waals surface area contributed by atoms with Crippen molar-refractivity contribution in [2.45, 2.75) is 311 Å². The lowest BCUT2D eigenvalue weighted by molar-refractivity contribution is -0.167. The second-order valence-corrected chi connectivity index (χ2v) is 20.4. The maximum atomic E-state index is 12.8. The van der Waals surface area contributed by atoms with Gasteiger partial charge in [0.1, 0.15) is 13.2 Å². The maximum absolute atomic E-state index is 12.8. The van der Waals surface area contributed by atoms with Crippen molar-refractivity contribution in [3.05, 3.63) is 0 Å². The van der Waals surface area contributed by atoms with Gasteiger partial charge in [-0.05, 0) is 37.0 Å². The Bertz CT molecular complexity index is 962. The highest BCUT2D eigenvalue weighted by Crippen LogP contribution is 2.18. The molecule has 62 heavy (non-hydrogen) atoms. The van der Waals surface area contributed by atoms with Crippen LogP contribution < -0.4 is 0 Å². The van der Waals surface area contributed by atoms with Gasteiger partial charge in [-0.1, -0.05) is 266 Å². The molecule has 0 aromatic rings. The average Bonchev–Trinajstić information content (AvgIpc) is 3.24. The second kappa shape index (κ2) is 47.4. The number of hydrogen-bond acceptors (Lipinski definition) is 6. The van der Waals surface area contributed by atoms with Crippen LogP contribution in [0, 0.1) is 17.8 Å². The third-order valence-corrected chi connectivity index (χ3v) is 13.0. The fourth-order valence-corrected chi connectivity index (χ4v) is 8.44. The van der Waals surface area contributed by atoms with Crippen LogP contribution in [0.15, 0.2) is 0 Å². The highest BCUT2D eigenvalue weighted by molar-refractivity contribution is 5.71. The van der Waals surface area contributed by atoms with Crippen molar-refractivity contribution < 1.29 is 28.6 Å². The molecule has 0 N–H and O–H groups in total. The average molecular weight is 877 g/mol. The fraction of sp³-hybridized carbons (Fsp3) is 0.946. The summed E-state index contributed by atoms with van der Waals surface area (Å²) in [6.07, 6.45) is 48.1. The predicted octanol–water partition coefficient (Wildman–Crippen LogP) is 17.9. The maximum Gasteiger partial charge on any atom is 0.306 e.